The van der Waals surface area contributed by atoms with E-state index in [-0.39, 0.29) is 12.3 Å². The number of aliphatic carboxylic acids is 1. The zero-order valence-electron chi connectivity index (χ0n) is 15.2. The molecule has 0 fully saturated rings. The van der Waals surface area contributed by atoms with Gasteiger partial charge in [-0.05, 0) is 41.8 Å². The maximum Gasteiger partial charge on any atom is 0.303 e. The van der Waals surface area contributed by atoms with E-state index in [1.54, 1.807) is 42.7 Å². The van der Waals surface area contributed by atoms with Crippen LogP contribution >= 0.6 is 0 Å². The first-order valence-electron chi connectivity index (χ1n) is 8.84. The smallest absolute Gasteiger partial charge is 0.303 e. The summed E-state index contributed by atoms with van der Waals surface area (Å²) in [5.74, 6) is -0.789. The van der Waals surface area contributed by atoms with Gasteiger partial charge in [0.05, 0.1) is 17.4 Å². The molecule has 0 saturated carbocycles. The number of anilines is 1. The molecular formula is C22H20N2O4. The van der Waals surface area contributed by atoms with E-state index in [1.807, 2.05) is 30.3 Å². The molecule has 1 heterocycles. The Hall–Kier alpha value is -3.67. The molecule has 2 N–H and O–H groups in total. The van der Waals surface area contributed by atoms with Gasteiger partial charge in [0.15, 0.2) is 0 Å². The number of amides is 1. The van der Waals surface area contributed by atoms with E-state index in [9.17, 15) is 9.59 Å². The van der Waals surface area contributed by atoms with Crippen LogP contribution in [0.3, 0.4) is 0 Å². The standard InChI is InChI=1S/C22H20N2O4/c25-21(26)11-9-16-8-10-20(28-15-17-5-2-1-3-6-17)19(13-16)22(27)24-18-7-4-12-23-14-18/h1-8,10,12-14H,9,11,15H2,(H,24,27)(H,25,26). The number of hydrogen-bond donors (Lipinski definition) is 2. The zero-order chi connectivity index (χ0) is 19.8. The highest BCUT2D eigenvalue weighted by molar-refractivity contribution is 6.06. The van der Waals surface area contributed by atoms with Crippen molar-refractivity contribution in [1.82, 2.24) is 4.98 Å². The van der Waals surface area contributed by atoms with Gasteiger partial charge in [-0.3, -0.25) is 14.6 Å². The first kappa shape index (κ1) is 19.1. The first-order valence-corrected chi connectivity index (χ1v) is 8.84. The summed E-state index contributed by atoms with van der Waals surface area (Å²) in [5.41, 5.74) is 2.65. The van der Waals surface area contributed by atoms with Crippen LogP contribution in [-0.4, -0.2) is 22.0 Å². The minimum absolute atomic E-state index is 0.00607. The highest BCUT2D eigenvalue weighted by Gasteiger charge is 2.15. The summed E-state index contributed by atoms with van der Waals surface area (Å²) >= 11 is 0. The third-order valence-electron chi connectivity index (χ3n) is 4.07. The fourth-order valence-electron chi connectivity index (χ4n) is 2.66. The van der Waals surface area contributed by atoms with Crippen molar-refractivity contribution >= 4 is 17.6 Å². The fourth-order valence-corrected chi connectivity index (χ4v) is 2.66. The zero-order valence-corrected chi connectivity index (χ0v) is 15.2. The van der Waals surface area contributed by atoms with Gasteiger partial charge in [-0.15, -0.1) is 0 Å². The molecule has 0 spiro atoms. The summed E-state index contributed by atoms with van der Waals surface area (Å²) in [7, 11) is 0. The lowest BCUT2D eigenvalue weighted by Crippen LogP contribution is -2.14. The van der Waals surface area contributed by atoms with Crippen molar-refractivity contribution < 1.29 is 19.4 Å². The molecule has 1 aromatic heterocycles. The summed E-state index contributed by atoms with van der Waals surface area (Å²) in [6.45, 7) is 0.322. The van der Waals surface area contributed by atoms with Crippen molar-refractivity contribution in [2.75, 3.05) is 5.32 Å². The van der Waals surface area contributed by atoms with Crippen molar-refractivity contribution in [1.29, 1.82) is 0 Å². The Balaban J connectivity index is 1.82. The molecule has 6 nitrogen and oxygen atoms in total. The van der Waals surface area contributed by atoms with E-state index in [4.69, 9.17) is 9.84 Å². The molecule has 0 aliphatic carbocycles. The van der Waals surface area contributed by atoms with Gasteiger partial charge in [0, 0.05) is 12.6 Å². The number of carboxylic acid groups (broad SMARTS) is 1. The van der Waals surface area contributed by atoms with Gasteiger partial charge in [-0.1, -0.05) is 36.4 Å². The van der Waals surface area contributed by atoms with Crippen molar-refractivity contribution in [3.63, 3.8) is 0 Å². The SMILES string of the molecule is O=C(O)CCc1ccc(OCc2ccccc2)c(C(=O)Nc2cccnc2)c1. The lowest BCUT2D eigenvalue weighted by molar-refractivity contribution is -0.136. The molecule has 0 atom stereocenters. The van der Waals surface area contributed by atoms with Crippen LogP contribution in [0.2, 0.25) is 0 Å². The maximum atomic E-state index is 12.8. The normalized spacial score (nSPS) is 10.3. The largest absolute Gasteiger partial charge is 0.488 e. The molecule has 28 heavy (non-hydrogen) atoms. The van der Waals surface area contributed by atoms with Crippen LogP contribution in [0.5, 0.6) is 5.75 Å². The number of pyridine rings is 1. The van der Waals surface area contributed by atoms with Gasteiger partial charge < -0.3 is 15.2 Å². The minimum Gasteiger partial charge on any atom is -0.488 e. The van der Waals surface area contributed by atoms with Gasteiger partial charge in [-0.2, -0.15) is 0 Å². The predicted octanol–water partition coefficient (Wildman–Crippen LogP) is 3.93. The fraction of sp³-hybridized carbons (Fsp3) is 0.136. The number of carboxylic acids is 1. The summed E-state index contributed by atoms with van der Waals surface area (Å²) in [6, 6.07) is 18.3. The molecule has 3 aromatic rings. The third-order valence-corrected chi connectivity index (χ3v) is 4.07. The lowest BCUT2D eigenvalue weighted by atomic mass is 10.0. The average molecular weight is 376 g/mol. The summed E-state index contributed by atoms with van der Waals surface area (Å²) in [5, 5.41) is 11.7. The van der Waals surface area contributed by atoms with Crippen LogP contribution in [0.1, 0.15) is 27.9 Å². The molecule has 142 valence electrons. The number of nitrogens with one attached hydrogen (secondary N) is 1. The molecule has 0 aliphatic heterocycles. The molecule has 1 amide bonds. The van der Waals surface area contributed by atoms with E-state index < -0.39 is 5.97 Å². The maximum absolute atomic E-state index is 12.8. The topological polar surface area (TPSA) is 88.5 Å². The summed E-state index contributed by atoms with van der Waals surface area (Å²) < 4.78 is 5.87. The molecule has 0 radical (unpaired) electrons. The van der Waals surface area contributed by atoms with E-state index >= 15 is 0 Å². The average Bonchev–Trinajstić information content (AvgIpc) is 2.72. The second kappa shape index (κ2) is 9.32. The van der Waals surface area contributed by atoms with Crippen molar-refractivity contribution in [3.8, 4) is 5.75 Å². The number of rotatable bonds is 8. The Morgan fingerprint density at radius 3 is 2.54 bits per heavy atom. The minimum atomic E-state index is -0.884. The Labute approximate surface area is 162 Å². The molecule has 0 bridgehead atoms. The van der Waals surface area contributed by atoms with E-state index in [0.29, 0.717) is 30.0 Å². The van der Waals surface area contributed by atoms with E-state index in [0.717, 1.165) is 11.1 Å². The van der Waals surface area contributed by atoms with Crippen LogP contribution in [0.15, 0.2) is 73.1 Å². The number of aromatic nitrogens is 1. The third kappa shape index (κ3) is 5.41. The number of hydrogen-bond acceptors (Lipinski definition) is 4. The van der Waals surface area contributed by atoms with Crippen molar-refractivity contribution in [2.24, 2.45) is 0 Å². The monoisotopic (exact) mass is 376 g/mol. The number of carbonyl (C=O) groups excluding carboxylic acids is 1. The summed E-state index contributed by atoms with van der Waals surface area (Å²) in [6.07, 6.45) is 3.50. The van der Waals surface area contributed by atoms with Crippen LogP contribution in [-0.2, 0) is 17.8 Å². The molecular weight excluding hydrogens is 356 g/mol. The lowest BCUT2D eigenvalue weighted by Gasteiger charge is -2.13. The molecule has 3 rings (SSSR count). The second-order valence-electron chi connectivity index (χ2n) is 6.19. The number of nitrogens with zero attached hydrogens (tertiary/aromatic N) is 1. The molecule has 6 heteroatoms. The van der Waals surface area contributed by atoms with Crippen LogP contribution in [0, 0.1) is 0 Å². The van der Waals surface area contributed by atoms with Gasteiger partial charge >= 0.3 is 5.97 Å². The van der Waals surface area contributed by atoms with Crippen molar-refractivity contribution in [2.45, 2.75) is 19.4 Å². The molecule has 0 unspecified atom stereocenters. The quantitative estimate of drug-likeness (QED) is 0.622. The predicted molar refractivity (Wildman–Crippen MR) is 105 cm³/mol. The Morgan fingerprint density at radius 2 is 1.82 bits per heavy atom. The van der Waals surface area contributed by atoms with Gasteiger partial charge in [0.25, 0.3) is 5.91 Å². The molecule has 2 aromatic carbocycles. The molecule has 0 saturated heterocycles. The summed E-state index contributed by atoms with van der Waals surface area (Å²) in [4.78, 5) is 27.6. The van der Waals surface area contributed by atoms with E-state index in [2.05, 4.69) is 10.3 Å². The molecule has 0 aliphatic rings. The van der Waals surface area contributed by atoms with Gasteiger partial charge in [0.2, 0.25) is 0 Å². The Morgan fingerprint density at radius 1 is 1.00 bits per heavy atom. The highest BCUT2D eigenvalue weighted by Crippen LogP contribution is 2.23. The van der Waals surface area contributed by atoms with Crippen molar-refractivity contribution in [3.05, 3.63) is 89.7 Å². The Bertz CT molecular complexity index is 943. The van der Waals surface area contributed by atoms with Crippen LogP contribution in [0.25, 0.3) is 0 Å². The Kier molecular flexibility index (Phi) is 6.36. The number of ether oxygens (including phenoxy) is 1. The van der Waals surface area contributed by atoms with Crippen LogP contribution < -0.4 is 10.1 Å². The number of carbonyl (C=O) groups is 2. The second-order valence-corrected chi connectivity index (χ2v) is 6.19. The number of aryl methyl sites for hydroxylation is 1. The van der Waals surface area contributed by atoms with Crippen LogP contribution in [0.4, 0.5) is 5.69 Å². The first-order chi connectivity index (χ1) is 13.6. The van der Waals surface area contributed by atoms with Gasteiger partial charge in [0.1, 0.15) is 12.4 Å². The number of benzene rings is 2. The van der Waals surface area contributed by atoms with Gasteiger partial charge in [-0.25, -0.2) is 0 Å². The highest BCUT2D eigenvalue weighted by atomic mass is 16.5. The van der Waals surface area contributed by atoms with E-state index in [1.165, 1.54) is 0 Å².